The van der Waals surface area contributed by atoms with Crippen LogP contribution in [-0.4, -0.2) is 46.2 Å². The van der Waals surface area contributed by atoms with Crippen LogP contribution in [0.2, 0.25) is 0 Å². The number of carbonyl (C=O) groups excluding carboxylic acids is 3. The molecule has 0 bridgehead atoms. The van der Waals surface area contributed by atoms with Gasteiger partial charge in [-0.3, -0.25) is 9.59 Å². The second kappa shape index (κ2) is 8.72. The first-order valence-electron chi connectivity index (χ1n) is 9.93. The number of aromatic amines is 1. The fourth-order valence-corrected chi connectivity index (χ4v) is 4.14. The number of ketones is 1. The number of H-pyrrole nitrogens is 1. The van der Waals surface area contributed by atoms with Gasteiger partial charge in [0.25, 0.3) is 0 Å². The fraction of sp³-hybridized carbons (Fsp3) is 0.667. The van der Waals surface area contributed by atoms with Crippen molar-refractivity contribution in [3.05, 3.63) is 22.5 Å². The van der Waals surface area contributed by atoms with E-state index in [2.05, 4.69) is 4.98 Å². The SMILES string of the molecule is CCOC(=O)c1[nH]c(C)c(C(=O)C(C)N(C(=O)C2CCCC2)C(C)C)c1C. The number of nitrogens with zero attached hydrogens (tertiary/aromatic N) is 1. The maximum Gasteiger partial charge on any atom is 0.355 e. The Morgan fingerprint density at radius 3 is 2.26 bits per heavy atom. The first-order valence-corrected chi connectivity index (χ1v) is 9.93. The molecule has 6 nitrogen and oxygen atoms in total. The van der Waals surface area contributed by atoms with Gasteiger partial charge in [-0.05, 0) is 59.9 Å². The highest BCUT2D eigenvalue weighted by Crippen LogP contribution is 2.29. The molecule has 1 aromatic heterocycles. The lowest BCUT2D eigenvalue weighted by Gasteiger charge is -2.34. The molecule has 1 saturated carbocycles. The smallest absolute Gasteiger partial charge is 0.355 e. The van der Waals surface area contributed by atoms with Crippen LogP contribution in [0.25, 0.3) is 0 Å². The van der Waals surface area contributed by atoms with Gasteiger partial charge < -0.3 is 14.6 Å². The lowest BCUT2D eigenvalue weighted by atomic mass is 9.97. The van der Waals surface area contributed by atoms with Gasteiger partial charge in [0.1, 0.15) is 5.69 Å². The molecule has 1 atom stereocenters. The van der Waals surface area contributed by atoms with Crippen LogP contribution in [0.1, 0.15) is 85.5 Å². The third-order valence-electron chi connectivity index (χ3n) is 5.48. The molecule has 6 heteroatoms. The summed E-state index contributed by atoms with van der Waals surface area (Å²) < 4.78 is 5.06. The molecule has 1 fully saturated rings. The summed E-state index contributed by atoms with van der Waals surface area (Å²) in [7, 11) is 0. The van der Waals surface area contributed by atoms with Crippen molar-refractivity contribution in [2.45, 2.75) is 79.3 Å². The Labute approximate surface area is 161 Å². The molecule has 150 valence electrons. The van der Waals surface area contributed by atoms with Crippen molar-refractivity contribution >= 4 is 17.7 Å². The zero-order chi connectivity index (χ0) is 20.3. The monoisotopic (exact) mass is 376 g/mol. The van der Waals surface area contributed by atoms with Crippen molar-refractivity contribution in [3.63, 3.8) is 0 Å². The van der Waals surface area contributed by atoms with Crippen LogP contribution in [0.5, 0.6) is 0 Å². The van der Waals surface area contributed by atoms with Crippen LogP contribution in [0.4, 0.5) is 0 Å². The Morgan fingerprint density at radius 2 is 1.74 bits per heavy atom. The molecular formula is C21H32N2O4. The van der Waals surface area contributed by atoms with E-state index < -0.39 is 12.0 Å². The summed E-state index contributed by atoms with van der Waals surface area (Å²) in [5.41, 5.74) is 2.00. The lowest BCUT2D eigenvalue weighted by Crippen LogP contribution is -2.49. The molecule has 0 aromatic carbocycles. The topological polar surface area (TPSA) is 79.5 Å². The number of Topliss-reactive ketones (excluding diaryl/α,β-unsaturated/α-hetero) is 1. The van der Waals surface area contributed by atoms with E-state index in [1.807, 2.05) is 13.8 Å². The Hall–Kier alpha value is -2.11. The molecule has 0 saturated heterocycles. The maximum absolute atomic E-state index is 13.3. The number of carbonyl (C=O) groups is 3. The Kier molecular flexibility index (Phi) is 6.84. The highest BCUT2D eigenvalue weighted by molar-refractivity contribution is 6.06. The van der Waals surface area contributed by atoms with Crippen molar-refractivity contribution in [3.8, 4) is 0 Å². The number of rotatable bonds is 7. The number of nitrogens with one attached hydrogen (secondary N) is 1. The summed E-state index contributed by atoms with van der Waals surface area (Å²) in [4.78, 5) is 43.1. The zero-order valence-corrected chi connectivity index (χ0v) is 17.3. The first kappa shape index (κ1) is 21.2. The molecule has 1 heterocycles. The number of aryl methyl sites for hydroxylation is 1. The lowest BCUT2D eigenvalue weighted by molar-refractivity contribution is -0.138. The average molecular weight is 376 g/mol. The van der Waals surface area contributed by atoms with E-state index in [1.165, 1.54) is 0 Å². The third kappa shape index (κ3) is 4.25. The van der Waals surface area contributed by atoms with E-state index in [1.54, 1.807) is 32.6 Å². The summed E-state index contributed by atoms with van der Waals surface area (Å²) in [6.45, 7) is 11.2. The van der Waals surface area contributed by atoms with E-state index in [0.29, 0.717) is 22.5 Å². The van der Waals surface area contributed by atoms with E-state index in [0.717, 1.165) is 25.7 Å². The number of hydrogen-bond acceptors (Lipinski definition) is 4. The molecule has 1 aromatic rings. The Bertz CT molecular complexity index is 714. The minimum atomic E-state index is -0.582. The predicted octanol–water partition coefficient (Wildman–Crippen LogP) is 3.81. The Balaban J connectivity index is 2.31. The van der Waals surface area contributed by atoms with E-state index in [-0.39, 0.29) is 30.3 Å². The van der Waals surface area contributed by atoms with E-state index in [4.69, 9.17) is 4.74 Å². The van der Waals surface area contributed by atoms with E-state index in [9.17, 15) is 14.4 Å². The number of amides is 1. The Morgan fingerprint density at radius 1 is 1.15 bits per heavy atom. The summed E-state index contributed by atoms with van der Waals surface area (Å²) in [6, 6.07) is -0.650. The van der Waals surface area contributed by atoms with Crippen molar-refractivity contribution in [1.29, 1.82) is 0 Å². The van der Waals surface area contributed by atoms with Crippen molar-refractivity contribution in [1.82, 2.24) is 9.88 Å². The molecule has 0 aliphatic heterocycles. The van der Waals surface area contributed by atoms with Crippen molar-refractivity contribution in [2.24, 2.45) is 5.92 Å². The standard InChI is InChI=1S/C21H32N2O4/c1-7-27-21(26)18-13(4)17(14(5)22-18)19(24)15(6)23(12(2)3)20(25)16-10-8-9-11-16/h12,15-16,22H,7-11H2,1-6H3. The minimum Gasteiger partial charge on any atom is -0.461 e. The summed E-state index contributed by atoms with van der Waals surface area (Å²) in [6.07, 6.45) is 3.95. The number of esters is 1. The fourth-order valence-electron chi connectivity index (χ4n) is 4.14. The summed E-state index contributed by atoms with van der Waals surface area (Å²) in [5, 5.41) is 0. The van der Waals surface area contributed by atoms with Crippen molar-refractivity contribution < 1.29 is 19.1 Å². The maximum atomic E-state index is 13.3. The van der Waals surface area contributed by atoms with Gasteiger partial charge >= 0.3 is 5.97 Å². The zero-order valence-electron chi connectivity index (χ0n) is 17.3. The van der Waals surface area contributed by atoms with Gasteiger partial charge in [-0.1, -0.05) is 12.8 Å². The summed E-state index contributed by atoms with van der Waals surface area (Å²) >= 11 is 0. The normalized spacial score (nSPS) is 15.8. The van der Waals surface area contributed by atoms with Crippen molar-refractivity contribution in [2.75, 3.05) is 6.61 Å². The van der Waals surface area contributed by atoms with Gasteiger partial charge in [-0.25, -0.2) is 4.79 Å². The molecule has 1 aliphatic carbocycles. The molecule has 1 aliphatic rings. The van der Waals surface area contributed by atoms with Crippen LogP contribution in [-0.2, 0) is 9.53 Å². The largest absolute Gasteiger partial charge is 0.461 e. The summed E-state index contributed by atoms with van der Waals surface area (Å²) in [5.74, 6) is -0.518. The molecule has 1 unspecified atom stereocenters. The van der Waals surface area contributed by atoms with Crippen LogP contribution in [0.15, 0.2) is 0 Å². The minimum absolute atomic E-state index is 0.0196. The quantitative estimate of drug-likeness (QED) is 0.580. The molecule has 0 spiro atoms. The van der Waals surface area contributed by atoms with Gasteiger partial charge in [0, 0.05) is 23.2 Å². The number of hydrogen-bond donors (Lipinski definition) is 1. The van der Waals surface area contributed by atoms with Gasteiger partial charge in [-0.15, -0.1) is 0 Å². The van der Waals surface area contributed by atoms with Gasteiger partial charge in [0.2, 0.25) is 5.91 Å². The highest BCUT2D eigenvalue weighted by atomic mass is 16.5. The molecule has 2 rings (SSSR count). The van der Waals surface area contributed by atoms with Gasteiger partial charge in [0.05, 0.1) is 12.6 Å². The number of ether oxygens (including phenoxy) is 1. The molecule has 27 heavy (non-hydrogen) atoms. The third-order valence-corrected chi connectivity index (χ3v) is 5.48. The van der Waals surface area contributed by atoms with Crippen LogP contribution in [0, 0.1) is 19.8 Å². The van der Waals surface area contributed by atoms with Crippen LogP contribution < -0.4 is 0 Å². The van der Waals surface area contributed by atoms with E-state index >= 15 is 0 Å². The number of aromatic nitrogens is 1. The molecule has 0 radical (unpaired) electrons. The van der Waals surface area contributed by atoms with Crippen LogP contribution >= 0.6 is 0 Å². The first-order chi connectivity index (χ1) is 12.7. The van der Waals surface area contributed by atoms with Gasteiger partial charge in [0.15, 0.2) is 5.78 Å². The second-order valence-electron chi connectivity index (χ2n) is 7.71. The molecule has 1 amide bonds. The highest BCUT2D eigenvalue weighted by Gasteiger charge is 2.36. The van der Waals surface area contributed by atoms with Crippen LogP contribution in [0.3, 0.4) is 0 Å². The molecular weight excluding hydrogens is 344 g/mol. The average Bonchev–Trinajstić information content (AvgIpc) is 3.22. The predicted molar refractivity (Wildman–Crippen MR) is 104 cm³/mol. The second-order valence-corrected chi connectivity index (χ2v) is 7.71. The molecule has 1 N–H and O–H groups in total. The van der Waals surface area contributed by atoms with Gasteiger partial charge in [-0.2, -0.15) is 0 Å².